The van der Waals surface area contributed by atoms with Crippen LogP contribution in [-0.4, -0.2) is 31.0 Å². The lowest BCUT2D eigenvalue weighted by molar-refractivity contribution is -0.216. The molecule has 1 heterocycles. The van der Waals surface area contributed by atoms with Crippen LogP contribution in [0.2, 0.25) is 0 Å². The van der Waals surface area contributed by atoms with Crippen molar-refractivity contribution < 1.29 is 37.3 Å². The number of fused-ring (bicyclic) bond motifs is 2. The number of halogens is 3. The Morgan fingerprint density at radius 2 is 2.07 bits per heavy atom. The molecule has 160 valence electrons. The van der Waals surface area contributed by atoms with E-state index in [1.165, 1.54) is 6.07 Å². The molecule has 0 bridgehead atoms. The summed E-state index contributed by atoms with van der Waals surface area (Å²) >= 11 is 0. The monoisotopic (exact) mass is 422 g/mol. The lowest BCUT2D eigenvalue weighted by atomic mass is 9.97. The van der Waals surface area contributed by atoms with Gasteiger partial charge in [-0.15, -0.1) is 0 Å². The minimum atomic E-state index is -4.49. The van der Waals surface area contributed by atoms with Crippen LogP contribution in [-0.2, 0) is 16.0 Å². The second-order valence-electron chi connectivity index (χ2n) is 7.52. The van der Waals surface area contributed by atoms with Gasteiger partial charge in [0.1, 0.15) is 17.6 Å². The molecule has 3 atom stereocenters. The Morgan fingerprint density at radius 1 is 1.27 bits per heavy atom. The third kappa shape index (κ3) is 3.84. The second-order valence-corrected chi connectivity index (χ2v) is 7.52. The number of hydrogen-bond acceptors (Lipinski definition) is 4. The first-order valence-corrected chi connectivity index (χ1v) is 9.64. The largest absolute Gasteiger partial charge is 0.492 e. The SMILES string of the molecule is COC(c1cccc2c1CCC2Oc1ccc2c(c1)OCC2CC(=O)O)C(F)(F)F. The van der Waals surface area contributed by atoms with Crippen LogP contribution >= 0.6 is 0 Å². The van der Waals surface area contributed by atoms with Gasteiger partial charge in [0.05, 0.1) is 13.0 Å². The van der Waals surface area contributed by atoms with E-state index in [1.807, 2.05) is 0 Å². The van der Waals surface area contributed by atoms with Gasteiger partial charge in [-0.1, -0.05) is 24.3 Å². The Morgan fingerprint density at radius 3 is 2.77 bits per heavy atom. The highest BCUT2D eigenvalue weighted by atomic mass is 19.4. The summed E-state index contributed by atoms with van der Waals surface area (Å²) in [5.41, 5.74) is 2.30. The van der Waals surface area contributed by atoms with E-state index in [0.717, 1.165) is 18.2 Å². The molecule has 0 radical (unpaired) electrons. The third-order valence-corrected chi connectivity index (χ3v) is 5.63. The number of hydrogen-bond donors (Lipinski definition) is 1. The van der Waals surface area contributed by atoms with E-state index in [0.29, 0.717) is 36.5 Å². The summed E-state index contributed by atoms with van der Waals surface area (Å²) in [5, 5.41) is 9.01. The Hall–Kier alpha value is -2.74. The first-order valence-electron chi connectivity index (χ1n) is 9.64. The first-order chi connectivity index (χ1) is 14.3. The molecule has 2 aliphatic rings. The van der Waals surface area contributed by atoms with E-state index in [2.05, 4.69) is 0 Å². The maximum absolute atomic E-state index is 13.3. The molecule has 0 fully saturated rings. The number of benzene rings is 2. The maximum atomic E-state index is 13.3. The van der Waals surface area contributed by atoms with E-state index in [-0.39, 0.29) is 24.0 Å². The molecule has 4 rings (SSSR count). The summed E-state index contributed by atoms with van der Waals surface area (Å²) in [6, 6.07) is 10.1. The first kappa shape index (κ1) is 20.5. The zero-order valence-corrected chi connectivity index (χ0v) is 16.2. The Labute approximate surface area is 171 Å². The molecular formula is C22H21F3O5. The Balaban J connectivity index is 1.56. The molecule has 3 unspecified atom stereocenters. The number of ether oxygens (including phenoxy) is 3. The topological polar surface area (TPSA) is 65.0 Å². The van der Waals surface area contributed by atoms with Gasteiger partial charge in [0, 0.05) is 24.7 Å². The lowest BCUT2D eigenvalue weighted by Crippen LogP contribution is -2.23. The highest BCUT2D eigenvalue weighted by molar-refractivity contribution is 5.68. The summed E-state index contributed by atoms with van der Waals surface area (Å²) in [6.45, 7) is 0.302. The quantitative estimate of drug-likeness (QED) is 0.713. The van der Waals surface area contributed by atoms with Crippen LogP contribution in [0.5, 0.6) is 11.5 Å². The molecule has 0 saturated heterocycles. The summed E-state index contributed by atoms with van der Waals surface area (Å²) < 4.78 is 56.5. The minimum Gasteiger partial charge on any atom is -0.492 e. The fourth-order valence-electron chi connectivity index (χ4n) is 4.32. The van der Waals surface area contributed by atoms with Crippen LogP contribution in [0.3, 0.4) is 0 Å². The normalized spacial score (nSPS) is 20.9. The van der Waals surface area contributed by atoms with Crippen LogP contribution < -0.4 is 9.47 Å². The standard InChI is InChI=1S/C22H21F3O5/c1-28-21(22(23,24)25)17-4-2-3-16-15(17)7-8-18(16)30-13-5-6-14-12(9-20(26)27)11-29-19(14)10-13/h2-6,10,12,18,21H,7-9,11H2,1H3,(H,26,27). The van der Waals surface area contributed by atoms with Crippen LogP contribution in [0.1, 0.15) is 53.2 Å². The Bertz CT molecular complexity index is 956. The predicted octanol–water partition coefficient (Wildman–Crippen LogP) is 4.95. The van der Waals surface area contributed by atoms with E-state index >= 15 is 0 Å². The highest BCUT2D eigenvalue weighted by Crippen LogP contribution is 2.44. The van der Waals surface area contributed by atoms with Gasteiger partial charge >= 0.3 is 12.1 Å². The number of alkyl halides is 3. The molecule has 0 amide bonds. The van der Waals surface area contributed by atoms with Crippen molar-refractivity contribution in [1.29, 1.82) is 0 Å². The number of aliphatic carboxylic acids is 1. The molecule has 0 saturated carbocycles. The zero-order chi connectivity index (χ0) is 21.5. The zero-order valence-electron chi connectivity index (χ0n) is 16.2. The van der Waals surface area contributed by atoms with Gasteiger partial charge in [-0.3, -0.25) is 4.79 Å². The van der Waals surface area contributed by atoms with Gasteiger partial charge in [-0.25, -0.2) is 0 Å². The van der Waals surface area contributed by atoms with Crippen LogP contribution in [0.15, 0.2) is 36.4 Å². The van der Waals surface area contributed by atoms with E-state index in [9.17, 15) is 18.0 Å². The molecule has 30 heavy (non-hydrogen) atoms. The van der Waals surface area contributed by atoms with Gasteiger partial charge < -0.3 is 19.3 Å². The van der Waals surface area contributed by atoms with Gasteiger partial charge in [-0.2, -0.15) is 13.2 Å². The van der Waals surface area contributed by atoms with Gasteiger partial charge in [-0.05, 0) is 35.6 Å². The molecule has 8 heteroatoms. The predicted molar refractivity (Wildman–Crippen MR) is 101 cm³/mol. The van der Waals surface area contributed by atoms with Crippen LogP contribution in [0, 0.1) is 0 Å². The smallest absolute Gasteiger partial charge is 0.418 e. The number of rotatable bonds is 6. The molecule has 2 aromatic rings. The summed E-state index contributed by atoms with van der Waals surface area (Å²) in [4.78, 5) is 11.0. The van der Waals surface area contributed by atoms with Crippen molar-refractivity contribution in [2.45, 2.75) is 43.6 Å². The molecule has 2 aromatic carbocycles. The summed E-state index contributed by atoms with van der Waals surface area (Å²) in [6.07, 6.45) is -5.82. The lowest BCUT2D eigenvalue weighted by Gasteiger charge is -2.22. The molecule has 1 N–H and O–H groups in total. The fourth-order valence-corrected chi connectivity index (χ4v) is 4.32. The van der Waals surface area contributed by atoms with Crippen molar-refractivity contribution in [3.05, 3.63) is 58.7 Å². The molecule has 5 nitrogen and oxygen atoms in total. The number of carboxylic acid groups (broad SMARTS) is 1. The minimum absolute atomic E-state index is 0.00808. The fraction of sp³-hybridized carbons (Fsp3) is 0.409. The van der Waals surface area contributed by atoms with Gasteiger partial charge in [0.15, 0.2) is 6.10 Å². The van der Waals surface area contributed by atoms with E-state index < -0.39 is 18.2 Å². The van der Waals surface area contributed by atoms with Crippen molar-refractivity contribution in [3.8, 4) is 11.5 Å². The summed E-state index contributed by atoms with van der Waals surface area (Å²) in [5.74, 6) is 0.0346. The number of methoxy groups -OCH3 is 1. The van der Waals surface area contributed by atoms with Gasteiger partial charge in [0.25, 0.3) is 0 Å². The van der Waals surface area contributed by atoms with Crippen LogP contribution in [0.4, 0.5) is 13.2 Å². The van der Waals surface area contributed by atoms with Crippen LogP contribution in [0.25, 0.3) is 0 Å². The van der Waals surface area contributed by atoms with Crippen molar-refractivity contribution in [2.75, 3.05) is 13.7 Å². The number of carboxylic acids is 1. The number of carbonyl (C=O) groups is 1. The average molecular weight is 422 g/mol. The van der Waals surface area contributed by atoms with Crippen molar-refractivity contribution in [2.24, 2.45) is 0 Å². The molecule has 1 aliphatic heterocycles. The van der Waals surface area contributed by atoms with Crippen molar-refractivity contribution in [3.63, 3.8) is 0 Å². The van der Waals surface area contributed by atoms with E-state index in [1.54, 1.807) is 30.3 Å². The molecular weight excluding hydrogens is 401 g/mol. The van der Waals surface area contributed by atoms with Crippen molar-refractivity contribution in [1.82, 2.24) is 0 Å². The summed E-state index contributed by atoms with van der Waals surface area (Å²) in [7, 11) is 1.06. The third-order valence-electron chi connectivity index (χ3n) is 5.63. The second kappa shape index (κ2) is 7.83. The molecule has 0 aromatic heterocycles. The van der Waals surface area contributed by atoms with Crippen molar-refractivity contribution >= 4 is 5.97 Å². The Kier molecular flexibility index (Phi) is 5.36. The van der Waals surface area contributed by atoms with E-state index in [4.69, 9.17) is 19.3 Å². The average Bonchev–Trinajstić information content (AvgIpc) is 3.26. The molecule has 1 aliphatic carbocycles. The maximum Gasteiger partial charge on any atom is 0.418 e. The molecule has 0 spiro atoms. The highest BCUT2D eigenvalue weighted by Gasteiger charge is 2.43. The van der Waals surface area contributed by atoms with Gasteiger partial charge in [0.2, 0.25) is 0 Å².